The molecule has 2 fully saturated rings. The quantitative estimate of drug-likeness (QED) is 0.292. The summed E-state index contributed by atoms with van der Waals surface area (Å²) in [5.74, 6) is -1.69. The molecule has 0 bridgehead atoms. The average molecular weight is 471 g/mol. The van der Waals surface area contributed by atoms with E-state index in [1.54, 1.807) is 44.2 Å². The van der Waals surface area contributed by atoms with Gasteiger partial charge in [-0.2, -0.15) is 0 Å². The predicted octanol–water partition coefficient (Wildman–Crippen LogP) is 1.51. The molecule has 0 spiro atoms. The van der Waals surface area contributed by atoms with Crippen molar-refractivity contribution in [3.63, 3.8) is 0 Å². The number of hydrogen-bond donors (Lipinski definition) is 1. The molecule has 1 unspecified atom stereocenters. The molecule has 2 saturated heterocycles. The first kappa shape index (κ1) is 22.6. The van der Waals surface area contributed by atoms with Crippen molar-refractivity contribution in [3.05, 3.63) is 75.8 Å². The van der Waals surface area contributed by atoms with Crippen LogP contribution in [0.3, 0.4) is 0 Å². The minimum absolute atomic E-state index is 0.0880. The second-order valence-corrected chi connectivity index (χ2v) is 10.4. The first-order valence-electron chi connectivity index (χ1n) is 10.1. The van der Waals surface area contributed by atoms with Crippen molar-refractivity contribution in [3.8, 4) is 0 Å². The lowest BCUT2D eigenvalue weighted by Gasteiger charge is -2.43. The van der Waals surface area contributed by atoms with Crippen LogP contribution in [0.2, 0.25) is 0 Å². The number of amides is 2. The molecule has 2 heterocycles. The van der Waals surface area contributed by atoms with Crippen LogP contribution in [0, 0.1) is 10.1 Å². The molecule has 2 aliphatic heterocycles. The Morgan fingerprint density at radius 3 is 2.39 bits per heavy atom. The SMILES string of the molecule is CC1(C)[C@H](C(=O)OCc2ccc([N+](=O)[O-])cc2)N2C(=O)[C@@H](NC(=O)c3ccccc3)[C@H]2S1=O. The van der Waals surface area contributed by atoms with E-state index < -0.39 is 55.7 Å². The molecule has 2 amide bonds. The molecule has 2 aromatic rings. The standard InChI is InChI=1S/C22H21N3O7S/c1-22(2)17(21(28)32-12-13-8-10-15(11-9-13)25(29)30)24-19(27)16(20(24)33(22)31)23-18(26)14-6-4-3-5-7-14/h3-11,16-17,20H,12H2,1-2H3,(H,23,26)/t16-,17+,20-,33?/m1/s1. The monoisotopic (exact) mass is 471 g/mol. The summed E-state index contributed by atoms with van der Waals surface area (Å²) in [6.07, 6.45) is 0. The van der Waals surface area contributed by atoms with Crippen LogP contribution < -0.4 is 5.32 Å². The first-order chi connectivity index (χ1) is 15.6. The highest BCUT2D eigenvalue weighted by molar-refractivity contribution is 7.87. The van der Waals surface area contributed by atoms with Gasteiger partial charge in [0, 0.05) is 17.7 Å². The molecule has 4 atom stereocenters. The van der Waals surface area contributed by atoms with Crippen LogP contribution in [0.5, 0.6) is 0 Å². The minimum Gasteiger partial charge on any atom is -0.459 e. The Balaban J connectivity index is 1.45. The molecule has 172 valence electrons. The average Bonchev–Trinajstić information content (AvgIpc) is 2.99. The van der Waals surface area contributed by atoms with Gasteiger partial charge in [0.1, 0.15) is 24.1 Å². The van der Waals surface area contributed by atoms with Gasteiger partial charge < -0.3 is 15.0 Å². The van der Waals surface area contributed by atoms with Crippen molar-refractivity contribution < 1.29 is 28.3 Å². The van der Waals surface area contributed by atoms with Crippen molar-refractivity contribution in [1.29, 1.82) is 0 Å². The van der Waals surface area contributed by atoms with Gasteiger partial charge in [-0.05, 0) is 43.7 Å². The van der Waals surface area contributed by atoms with Gasteiger partial charge in [-0.1, -0.05) is 18.2 Å². The molecule has 0 saturated carbocycles. The number of non-ortho nitro benzene ring substituents is 1. The van der Waals surface area contributed by atoms with Crippen LogP contribution in [0.25, 0.3) is 0 Å². The van der Waals surface area contributed by atoms with Crippen molar-refractivity contribution in [2.24, 2.45) is 0 Å². The number of nitrogens with zero attached hydrogens (tertiary/aromatic N) is 2. The third-order valence-corrected chi connectivity index (χ3v) is 8.03. The Bertz CT molecular complexity index is 1150. The van der Waals surface area contributed by atoms with Gasteiger partial charge in [-0.15, -0.1) is 0 Å². The number of hydrogen-bond acceptors (Lipinski definition) is 7. The maximum Gasteiger partial charge on any atom is 0.330 e. The van der Waals surface area contributed by atoms with Crippen LogP contribution in [0.4, 0.5) is 5.69 Å². The number of β-lactam (4-membered cyclic amide) rings is 1. The van der Waals surface area contributed by atoms with Crippen molar-refractivity contribution in [1.82, 2.24) is 10.2 Å². The molecule has 10 nitrogen and oxygen atoms in total. The number of rotatable bonds is 6. The summed E-state index contributed by atoms with van der Waals surface area (Å²) in [5, 5.41) is 12.5. The van der Waals surface area contributed by atoms with E-state index in [1.807, 2.05) is 0 Å². The number of nitro benzene ring substituents is 1. The summed E-state index contributed by atoms with van der Waals surface area (Å²) in [6, 6.07) is 11.8. The second kappa shape index (κ2) is 8.39. The summed E-state index contributed by atoms with van der Waals surface area (Å²) in [7, 11) is -1.64. The lowest BCUT2D eigenvalue weighted by atomic mass is 9.95. The van der Waals surface area contributed by atoms with Crippen LogP contribution in [0.1, 0.15) is 29.8 Å². The molecule has 2 aliphatic rings. The smallest absolute Gasteiger partial charge is 0.330 e. The molecule has 2 aromatic carbocycles. The van der Waals surface area contributed by atoms with E-state index in [4.69, 9.17) is 4.74 Å². The molecule has 1 N–H and O–H groups in total. The number of carbonyl (C=O) groups excluding carboxylic acids is 3. The van der Waals surface area contributed by atoms with Crippen molar-refractivity contribution >= 4 is 34.3 Å². The fourth-order valence-electron chi connectivity index (χ4n) is 4.04. The maximum atomic E-state index is 13.1. The number of ether oxygens (including phenoxy) is 1. The molecule has 33 heavy (non-hydrogen) atoms. The molecule has 0 aliphatic carbocycles. The van der Waals surface area contributed by atoms with E-state index in [0.717, 1.165) is 0 Å². The van der Waals surface area contributed by atoms with Crippen molar-refractivity contribution in [2.45, 2.75) is 42.7 Å². The number of nitrogens with one attached hydrogen (secondary N) is 1. The van der Waals surface area contributed by atoms with Crippen LogP contribution in [0.15, 0.2) is 54.6 Å². The highest BCUT2D eigenvalue weighted by Crippen LogP contribution is 2.44. The van der Waals surface area contributed by atoms with E-state index in [2.05, 4.69) is 5.32 Å². The largest absolute Gasteiger partial charge is 0.459 e. The van der Waals surface area contributed by atoms with Crippen molar-refractivity contribution in [2.75, 3.05) is 0 Å². The Morgan fingerprint density at radius 2 is 1.79 bits per heavy atom. The number of nitro groups is 1. The van der Waals surface area contributed by atoms with E-state index in [9.17, 15) is 28.7 Å². The lowest BCUT2D eigenvalue weighted by molar-refractivity contribution is -0.384. The Labute approximate surface area is 191 Å². The van der Waals surface area contributed by atoms with Crippen LogP contribution in [-0.4, -0.2) is 54.0 Å². The van der Waals surface area contributed by atoms with Gasteiger partial charge in [-0.25, -0.2) is 4.79 Å². The summed E-state index contributed by atoms with van der Waals surface area (Å²) in [4.78, 5) is 49.7. The van der Waals surface area contributed by atoms with Gasteiger partial charge in [0.25, 0.3) is 11.6 Å². The van der Waals surface area contributed by atoms with Gasteiger partial charge >= 0.3 is 5.97 Å². The third-order valence-electron chi connectivity index (χ3n) is 5.83. The number of fused-ring (bicyclic) bond motifs is 1. The van der Waals surface area contributed by atoms with Gasteiger partial charge in [0.05, 0.1) is 20.5 Å². The van der Waals surface area contributed by atoms with Gasteiger partial charge in [-0.3, -0.25) is 23.9 Å². The summed E-state index contributed by atoms with van der Waals surface area (Å²) >= 11 is 0. The lowest BCUT2D eigenvalue weighted by Crippen LogP contribution is -2.71. The highest BCUT2D eigenvalue weighted by atomic mass is 32.2. The molecular formula is C22H21N3O7S. The normalized spacial score (nSPS) is 25.0. The van der Waals surface area contributed by atoms with Crippen LogP contribution in [-0.2, 0) is 31.7 Å². The predicted molar refractivity (Wildman–Crippen MR) is 117 cm³/mol. The first-order valence-corrected chi connectivity index (χ1v) is 11.3. The zero-order valence-corrected chi connectivity index (χ0v) is 18.6. The molecule has 11 heteroatoms. The Morgan fingerprint density at radius 1 is 1.15 bits per heavy atom. The fraction of sp³-hybridized carbons (Fsp3) is 0.318. The fourth-order valence-corrected chi connectivity index (χ4v) is 5.95. The molecule has 0 radical (unpaired) electrons. The van der Waals surface area contributed by atoms with E-state index >= 15 is 0 Å². The topological polar surface area (TPSA) is 136 Å². The van der Waals surface area contributed by atoms with E-state index in [-0.39, 0.29) is 12.3 Å². The Hall–Kier alpha value is -3.60. The van der Waals surface area contributed by atoms with E-state index in [1.165, 1.54) is 29.2 Å². The maximum absolute atomic E-state index is 13.1. The zero-order chi connectivity index (χ0) is 23.9. The zero-order valence-electron chi connectivity index (χ0n) is 17.8. The third kappa shape index (κ3) is 3.88. The Kier molecular flexibility index (Phi) is 5.75. The van der Waals surface area contributed by atoms with Gasteiger partial charge in [0.2, 0.25) is 5.91 Å². The minimum atomic E-state index is -1.64. The molecule has 4 rings (SSSR count). The summed E-state index contributed by atoms with van der Waals surface area (Å²) < 4.78 is 17.4. The van der Waals surface area contributed by atoms with Gasteiger partial charge in [0.15, 0.2) is 0 Å². The van der Waals surface area contributed by atoms with Crippen LogP contribution >= 0.6 is 0 Å². The van der Waals surface area contributed by atoms with E-state index in [0.29, 0.717) is 11.1 Å². The second-order valence-electron chi connectivity index (χ2n) is 8.29. The molecule has 0 aromatic heterocycles. The summed E-state index contributed by atoms with van der Waals surface area (Å²) in [6.45, 7) is 3.07. The number of esters is 1. The summed E-state index contributed by atoms with van der Waals surface area (Å²) in [5.41, 5.74) is 0.811. The number of benzene rings is 2. The number of carbonyl (C=O) groups is 3. The molecular weight excluding hydrogens is 450 g/mol. The highest BCUT2D eigenvalue weighted by Gasteiger charge is 2.68.